The van der Waals surface area contributed by atoms with Crippen molar-refractivity contribution in [3.8, 4) is 5.75 Å². The van der Waals surface area contributed by atoms with Crippen LogP contribution in [0.4, 0.5) is 15.8 Å². The lowest BCUT2D eigenvalue weighted by molar-refractivity contribution is -0.135. The van der Waals surface area contributed by atoms with Crippen molar-refractivity contribution in [2.24, 2.45) is 11.1 Å². The summed E-state index contributed by atoms with van der Waals surface area (Å²) in [5.74, 6) is -1.43. The van der Waals surface area contributed by atoms with Crippen molar-refractivity contribution in [2.75, 3.05) is 22.9 Å². The minimum absolute atomic E-state index is 0. The highest BCUT2D eigenvalue weighted by molar-refractivity contribution is 5.88. The van der Waals surface area contributed by atoms with Crippen molar-refractivity contribution in [1.82, 2.24) is 0 Å². The van der Waals surface area contributed by atoms with Gasteiger partial charge in [-0.05, 0) is 31.7 Å². The summed E-state index contributed by atoms with van der Waals surface area (Å²) in [5, 5.41) is 9.24. The molecule has 2 unspecified atom stereocenters. The molecule has 140 valence electrons. The molecule has 5 rings (SSSR count). The molecule has 2 aliphatic heterocycles. The normalized spacial score (nSPS) is 29.0. The molecule has 6 nitrogen and oxygen atoms in total. The number of aliphatic carboxylic acids is 1. The second kappa shape index (κ2) is 5.76. The molecule has 2 heterocycles. The smallest absolute Gasteiger partial charge is 0.373 e. The lowest BCUT2D eigenvalue weighted by Crippen LogP contribution is -2.28. The Morgan fingerprint density at radius 1 is 1.35 bits per heavy atom. The van der Waals surface area contributed by atoms with E-state index in [0.717, 1.165) is 44.5 Å². The van der Waals surface area contributed by atoms with E-state index in [1.165, 1.54) is 12.3 Å². The Kier molecular flexibility index (Phi) is 3.86. The molecule has 2 saturated carbocycles. The Hall–Kier alpha value is -1.99. The number of carboxylic acid groups (broad SMARTS) is 1. The third kappa shape index (κ3) is 2.61. The summed E-state index contributed by atoms with van der Waals surface area (Å²) in [7, 11) is 0. The Morgan fingerprint density at radius 3 is 2.65 bits per heavy atom. The van der Waals surface area contributed by atoms with Crippen molar-refractivity contribution in [3.05, 3.63) is 29.9 Å². The zero-order valence-corrected chi connectivity index (χ0v) is 15.0. The summed E-state index contributed by atoms with van der Waals surface area (Å²) in [6.07, 6.45) is 5.52. The maximum absolute atomic E-state index is 14.7. The van der Waals surface area contributed by atoms with Gasteiger partial charge in [0, 0.05) is 36.7 Å². The molecule has 3 N–H and O–H groups in total. The fraction of sp³-hybridized carbons (Fsp3) is 0.500. The summed E-state index contributed by atoms with van der Waals surface area (Å²) in [6.45, 7) is 1.58. The molecule has 0 amide bonds. The van der Waals surface area contributed by atoms with Crippen LogP contribution in [0.3, 0.4) is 0 Å². The molecule has 1 aromatic carbocycles. The molecule has 3 fully saturated rings. The van der Waals surface area contributed by atoms with Gasteiger partial charge < -0.3 is 25.4 Å². The van der Waals surface area contributed by atoms with Gasteiger partial charge in [-0.2, -0.15) is 0 Å². The molecular formula is C18H21ClFN3O3. The maximum Gasteiger partial charge on any atom is 0.373 e. The average molecular weight is 382 g/mol. The highest BCUT2D eigenvalue weighted by Gasteiger charge is 2.55. The van der Waals surface area contributed by atoms with Crippen LogP contribution in [-0.2, 0) is 4.79 Å². The number of hydrogen-bond donors (Lipinski definition) is 2. The fourth-order valence-corrected chi connectivity index (χ4v) is 4.10. The Bertz CT molecular complexity index is 813. The second-order valence-electron chi connectivity index (χ2n) is 7.65. The first-order valence-corrected chi connectivity index (χ1v) is 8.72. The van der Waals surface area contributed by atoms with E-state index < -0.39 is 5.97 Å². The van der Waals surface area contributed by atoms with Crippen LogP contribution < -0.4 is 20.3 Å². The van der Waals surface area contributed by atoms with Gasteiger partial charge in [-0.1, -0.05) is 0 Å². The number of rotatable bonds is 3. The molecular weight excluding hydrogens is 361 g/mol. The number of anilines is 2. The monoisotopic (exact) mass is 381 g/mol. The number of benzene rings is 1. The number of carbonyl (C=O) groups is 1. The summed E-state index contributed by atoms with van der Waals surface area (Å²) in [4.78, 5) is 15.3. The van der Waals surface area contributed by atoms with E-state index >= 15 is 0 Å². The zero-order valence-electron chi connectivity index (χ0n) is 14.2. The van der Waals surface area contributed by atoms with Gasteiger partial charge >= 0.3 is 5.97 Å². The first-order chi connectivity index (χ1) is 12.0. The third-order valence-corrected chi connectivity index (χ3v) is 5.91. The summed E-state index contributed by atoms with van der Waals surface area (Å²) in [5.41, 5.74) is 7.50. The molecule has 0 aromatic heterocycles. The molecule has 2 atom stereocenters. The predicted molar refractivity (Wildman–Crippen MR) is 97.4 cm³/mol. The number of nitrogens with two attached hydrogens (primary N) is 1. The lowest BCUT2D eigenvalue weighted by atomic mass is 10.1. The first kappa shape index (κ1) is 17.4. The van der Waals surface area contributed by atoms with E-state index in [0.29, 0.717) is 5.69 Å². The van der Waals surface area contributed by atoms with E-state index in [1.807, 2.05) is 4.90 Å². The van der Waals surface area contributed by atoms with Crippen LogP contribution in [0.5, 0.6) is 5.75 Å². The van der Waals surface area contributed by atoms with Crippen LogP contribution in [0.15, 0.2) is 24.1 Å². The second-order valence-corrected chi connectivity index (χ2v) is 7.65. The minimum atomic E-state index is -1.15. The molecule has 0 radical (unpaired) electrons. The molecule has 1 spiro atoms. The minimum Gasteiger partial charge on any atom is -0.475 e. The summed E-state index contributed by atoms with van der Waals surface area (Å²) >= 11 is 0. The first-order valence-electron chi connectivity index (χ1n) is 8.72. The molecule has 1 aromatic rings. The number of hydrogen-bond acceptors (Lipinski definition) is 5. The number of ether oxygens (including phenoxy) is 1. The van der Waals surface area contributed by atoms with E-state index in [9.17, 15) is 14.3 Å². The van der Waals surface area contributed by atoms with Gasteiger partial charge in [0.05, 0.1) is 17.6 Å². The zero-order chi connectivity index (χ0) is 17.3. The van der Waals surface area contributed by atoms with E-state index in [-0.39, 0.29) is 47.2 Å². The topological polar surface area (TPSA) is 79.0 Å². The van der Waals surface area contributed by atoms with Gasteiger partial charge in [0.25, 0.3) is 0 Å². The van der Waals surface area contributed by atoms with Gasteiger partial charge in [0.15, 0.2) is 5.75 Å². The van der Waals surface area contributed by atoms with E-state index in [4.69, 9.17) is 10.5 Å². The number of nitrogens with zero attached hydrogens (tertiary/aromatic N) is 2. The van der Waals surface area contributed by atoms with Crippen molar-refractivity contribution in [2.45, 2.75) is 37.8 Å². The standard InChI is InChI=1S/C18H20FN3O3.ClH/c19-11-5-14-13(22(10-1-2-10)8-15(25-14)17(23)24)6-12(11)21-4-3-18(9-21)7-16(18)20;/h5-6,8,10,16H,1-4,7,9,20H2,(H,23,24);1H. The van der Waals surface area contributed by atoms with Gasteiger partial charge in [0.1, 0.15) is 5.82 Å². The van der Waals surface area contributed by atoms with Crippen LogP contribution in [0.1, 0.15) is 25.7 Å². The molecule has 2 aliphatic carbocycles. The van der Waals surface area contributed by atoms with Gasteiger partial charge in [0.2, 0.25) is 5.76 Å². The maximum atomic E-state index is 14.7. The van der Waals surface area contributed by atoms with Crippen molar-refractivity contribution < 1.29 is 19.0 Å². The van der Waals surface area contributed by atoms with E-state index in [2.05, 4.69) is 4.90 Å². The predicted octanol–water partition coefficient (Wildman–Crippen LogP) is 2.46. The highest BCUT2D eigenvalue weighted by Crippen LogP contribution is 2.53. The Labute approximate surface area is 156 Å². The van der Waals surface area contributed by atoms with Crippen molar-refractivity contribution >= 4 is 29.8 Å². The summed E-state index contributed by atoms with van der Waals surface area (Å²) < 4.78 is 20.1. The van der Waals surface area contributed by atoms with Crippen LogP contribution in [-0.4, -0.2) is 36.2 Å². The van der Waals surface area contributed by atoms with Crippen LogP contribution in [0.25, 0.3) is 0 Å². The number of halogens is 2. The molecule has 1 saturated heterocycles. The van der Waals surface area contributed by atoms with Gasteiger partial charge in [-0.15, -0.1) is 12.4 Å². The van der Waals surface area contributed by atoms with Crippen molar-refractivity contribution in [3.63, 3.8) is 0 Å². The number of fused-ring (bicyclic) bond motifs is 1. The molecule has 0 bridgehead atoms. The third-order valence-electron chi connectivity index (χ3n) is 5.91. The van der Waals surface area contributed by atoms with Crippen molar-refractivity contribution in [1.29, 1.82) is 0 Å². The Morgan fingerprint density at radius 2 is 2.08 bits per heavy atom. The molecule has 26 heavy (non-hydrogen) atoms. The molecule has 4 aliphatic rings. The van der Waals surface area contributed by atoms with E-state index in [1.54, 1.807) is 6.07 Å². The Balaban J connectivity index is 0.00000168. The number of carboxylic acids is 1. The average Bonchev–Trinajstić information content (AvgIpc) is 3.46. The largest absolute Gasteiger partial charge is 0.475 e. The SMILES string of the molecule is Cl.NC1CC12CCN(c1cc3c(cc1F)OC(C(=O)O)=CN3C1CC1)C2. The van der Waals surface area contributed by atoms with Crippen LogP contribution >= 0.6 is 12.4 Å². The fourth-order valence-electron chi connectivity index (χ4n) is 4.10. The molecule has 8 heteroatoms. The van der Waals surface area contributed by atoms with Crippen LogP contribution in [0, 0.1) is 11.2 Å². The van der Waals surface area contributed by atoms with Gasteiger partial charge in [-0.3, -0.25) is 0 Å². The highest BCUT2D eigenvalue weighted by atomic mass is 35.5. The van der Waals surface area contributed by atoms with Gasteiger partial charge in [-0.25, -0.2) is 9.18 Å². The lowest BCUT2D eigenvalue weighted by Gasteiger charge is -2.30. The quantitative estimate of drug-likeness (QED) is 0.837. The van der Waals surface area contributed by atoms with Crippen LogP contribution in [0.2, 0.25) is 0 Å². The summed E-state index contributed by atoms with van der Waals surface area (Å²) in [6, 6.07) is 3.60.